The Hall–Kier alpha value is -1.23. The average Bonchev–Trinajstić information content (AvgIpc) is 1.96. The van der Waals surface area contributed by atoms with E-state index in [4.69, 9.17) is 10.5 Å². The first-order valence-corrected chi connectivity index (χ1v) is 3.12. The fraction of sp³-hybridized carbons (Fsp3) is 0.500. The summed E-state index contributed by atoms with van der Waals surface area (Å²) >= 11 is 0. The number of nitrogens with two attached hydrogens (primary N) is 1. The van der Waals surface area contributed by atoms with Gasteiger partial charge in [0, 0.05) is 0 Å². The molecule has 11 heavy (non-hydrogen) atoms. The normalized spacial score (nSPS) is 24.3. The van der Waals surface area contributed by atoms with Crippen molar-refractivity contribution in [2.45, 2.75) is 13.0 Å². The fourth-order valence-electron chi connectivity index (χ4n) is 0.761. The number of hydrogen-bond donors (Lipinski definition) is 1. The molecule has 0 radical (unpaired) electrons. The molecule has 1 aliphatic heterocycles. The van der Waals surface area contributed by atoms with Crippen molar-refractivity contribution in [1.82, 2.24) is 0 Å². The van der Waals surface area contributed by atoms with Gasteiger partial charge in [-0.2, -0.15) is 4.99 Å². The quantitative estimate of drug-likeness (QED) is 0.503. The third-order valence-corrected chi connectivity index (χ3v) is 1.29. The first-order valence-electron chi connectivity index (χ1n) is 3.12. The maximum absolute atomic E-state index is 10.9. The Labute approximate surface area is 64.0 Å². The highest BCUT2D eigenvalue weighted by molar-refractivity contribution is 6.15. The molecule has 1 atom stereocenters. The van der Waals surface area contributed by atoms with Gasteiger partial charge >= 0.3 is 0 Å². The zero-order valence-electron chi connectivity index (χ0n) is 6.37. The van der Waals surface area contributed by atoms with Gasteiger partial charge in [0.1, 0.15) is 5.84 Å². The lowest BCUT2D eigenvalue weighted by molar-refractivity contribution is -0.118. The first-order chi connectivity index (χ1) is 5.15. The highest BCUT2D eigenvalue weighted by Gasteiger charge is 2.24. The fourth-order valence-corrected chi connectivity index (χ4v) is 0.761. The second-order valence-corrected chi connectivity index (χ2v) is 2.13. The summed E-state index contributed by atoms with van der Waals surface area (Å²) in [6.07, 6.45) is 0. The van der Waals surface area contributed by atoms with E-state index in [0.717, 1.165) is 0 Å². The predicted octanol–water partition coefficient (Wildman–Crippen LogP) is -0.683. The summed E-state index contributed by atoms with van der Waals surface area (Å²) in [5.41, 5.74) is 5.38. The van der Waals surface area contributed by atoms with E-state index in [2.05, 4.69) is 9.98 Å². The van der Waals surface area contributed by atoms with Crippen LogP contribution in [0.25, 0.3) is 0 Å². The van der Waals surface area contributed by atoms with Crippen molar-refractivity contribution in [2.24, 2.45) is 15.7 Å². The van der Waals surface area contributed by atoms with Crippen molar-refractivity contribution in [1.29, 1.82) is 0 Å². The molecule has 2 N–H and O–H groups in total. The number of carbonyl (C=O) groups excluding carboxylic acids is 1. The Bertz CT molecular complexity index is 244. The molecule has 1 rings (SSSR count). The summed E-state index contributed by atoms with van der Waals surface area (Å²) in [6, 6.07) is -0.830. The van der Waals surface area contributed by atoms with E-state index in [1.807, 2.05) is 0 Å². The standard InChI is InChI=1S/C6H9N3O2/c1-3-8-5(10)4(7)6(9-3)11-2/h4H,7H2,1-2H3. The minimum Gasteiger partial charge on any atom is -0.483 e. The number of hydrogen-bond acceptors (Lipinski definition) is 4. The van der Waals surface area contributed by atoms with Crippen LogP contribution in [0.3, 0.4) is 0 Å². The highest BCUT2D eigenvalue weighted by atomic mass is 16.5. The van der Waals surface area contributed by atoms with E-state index >= 15 is 0 Å². The molecule has 1 heterocycles. The van der Waals surface area contributed by atoms with Gasteiger partial charge < -0.3 is 10.5 Å². The van der Waals surface area contributed by atoms with Crippen LogP contribution in [-0.2, 0) is 9.53 Å². The predicted molar refractivity (Wildman–Crippen MR) is 40.5 cm³/mol. The van der Waals surface area contributed by atoms with Gasteiger partial charge in [-0.25, -0.2) is 4.99 Å². The number of methoxy groups -OCH3 is 1. The Balaban J connectivity index is 2.93. The van der Waals surface area contributed by atoms with E-state index in [1.165, 1.54) is 7.11 Å². The number of amidine groups is 1. The Morgan fingerprint density at radius 2 is 2.18 bits per heavy atom. The average molecular weight is 155 g/mol. The molecule has 0 bridgehead atoms. The van der Waals surface area contributed by atoms with Gasteiger partial charge in [0.2, 0.25) is 5.90 Å². The second-order valence-electron chi connectivity index (χ2n) is 2.13. The zero-order chi connectivity index (χ0) is 8.43. The van der Waals surface area contributed by atoms with E-state index in [-0.39, 0.29) is 5.90 Å². The van der Waals surface area contributed by atoms with Gasteiger partial charge in [-0.15, -0.1) is 0 Å². The van der Waals surface area contributed by atoms with E-state index in [1.54, 1.807) is 6.92 Å². The van der Waals surface area contributed by atoms with Gasteiger partial charge in [0.05, 0.1) is 7.11 Å². The third kappa shape index (κ3) is 1.43. The highest BCUT2D eigenvalue weighted by Crippen LogP contribution is 1.99. The van der Waals surface area contributed by atoms with Crippen molar-refractivity contribution in [3.05, 3.63) is 0 Å². The van der Waals surface area contributed by atoms with Crippen molar-refractivity contribution < 1.29 is 9.53 Å². The van der Waals surface area contributed by atoms with Gasteiger partial charge in [-0.05, 0) is 6.92 Å². The molecule has 60 valence electrons. The molecule has 0 aromatic heterocycles. The molecule has 1 unspecified atom stereocenters. The lowest BCUT2D eigenvalue weighted by atomic mass is 10.2. The number of nitrogens with zero attached hydrogens (tertiary/aromatic N) is 2. The smallest absolute Gasteiger partial charge is 0.273 e. The van der Waals surface area contributed by atoms with Crippen LogP contribution in [0, 0.1) is 0 Å². The van der Waals surface area contributed by atoms with Crippen LogP contribution in [0.1, 0.15) is 6.92 Å². The Morgan fingerprint density at radius 3 is 2.73 bits per heavy atom. The molecule has 0 saturated carbocycles. The molecule has 1 aliphatic rings. The molecule has 5 nitrogen and oxygen atoms in total. The van der Waals surface area contributed by atoms with Gasteiger partial charge in [0.25, 0.3) is 5.91 Å². The summed E-state index contributed by atoms with van der Waals surface area (Å²) < 4.78 is 4.77. The van der Waals surface area contributed by atoms with Crippen LogP contribution >= 0.6 is 0 Å². The topological polar surface area (TPSA) is 77.0 Å². The minimum atomic E-state index is -0.830. The first kappa shape index (κ1) is 7.87. The second kappa shape index (κ2) is 2.79. The maximum Gasteiger partial charge on any atom is 0.273 e. The van der Waals surface area contributed by atoms with Crippen LogP contribution < -0.4 is 5.73 Å². The molecule has 0 spiro atoms. The summed E-state index contributed by atoms with van der Waals surface area (Å²) in [6.45, 7) is 1.61. The summed E-state index contributed by atoms with van der Waals surface area (Å²) in [4.78, 5) is 18.3. The minimum absolute atomic E-state index is 0.225. The molecule has 0 saturated heterocycles. The summed E-state index contributed by atoms with van der Waals surface area (Å²) in [7, 11) is 1.42. The molecule has 5 heteroatoms. The monoisotopic (exact) mass is 155 g/mol. The molecule has 0 aliphatic carbocycles. The van der Waals surface area contributed by atoms with Crippen molar-refractivity contribution in [3.63, 3.8) is 0 Å². The SMILES string of the molecule is COC1=NC(C)=NC(=O)C1N. The van der Waals surface area contributed by atoms with E-state index in [9.17, 15) is 4.79 Å². The van der Waals surface area contributed by atoms with Crippen molar-refractivity contribution >= 4 is 17.6 Å². The lowest BCUT2D eigenvalue weighted by Gasteiger charge is -2.13. The van der Waals surface area contributed by atoms with E-state index in [0.29, 0.717) is 5.84 Å². The maximum atomic E-state index is 10.9. The van der Waals surface area contributed by atoms with Gasteiger partial charge in [-0.1, -0.05) is 0 Å². The van der Waals surface area contributed by atoms with Crippen molar-refractivity contribution in [3.8, 4) is 0 Å². The van der Waals surface area contributed by atoms with Crippen LogP contribution in [0.2, 0.25) is 0 Å². The molecular formula is C6H9N3O2. The Morgan fingerprint density at radius 1 is 1.55 bits per heavy atom. The molecule has 1 amide bonds. The van der Waals surface area contributed by atoms with Gasteiger partial charge in [-0.3, -0.25) is 4.79 Å². The summed E-state index contributed by atoms with van der Waals surface area (Å²) in [5.74, 6) is 0.199. The van der Waals surface area contributed by atoms with Crippen LogP contribution in [0.5, 0.6) is 0 Å². The zero-order valence-corrected chi connectivity index (χ0v) is 6.37. The molecule has 0 aromatic rings. The number of rotatable bonds is 0. The molecular weight excluding hydrogens is 146 g/mol. The Kier molecular flexibility index (Phi) is 2.00. The number of amides is 1. The van der Waals surface area contributed by atoms with E-state index < -0.39 is 11.9 Å². The largest absolute Gasteiger partial charge is 0.483 e. The van der Waals surface area contributed by atoms with Crippen LogP contribution in [-0.4, -0.2) is 30.8 Å². The molecule has 0 aromatic carbocycles. The van der Waals surface area contributed by atoms with Crippen molar-refractivity contribution in [2.75, 3.05) is 7.11 Å². The summed E-state index contributed by atoms with van der Waals surface area (Å²) in [5, 5.41) is 0. The van der Waals surface area contributed by atoms with Crippen LogP contribution in [0.15, 0.2) is 9.98 Å². The number of aliphatic imine (C=N–C) groups is 2. The number of carbonyl (C=O) groups is 1. The van der Waals surface area contributed by atoms with Gasteiger partial charge in [0.15, 0.2) is 6.04 Å². The van der Waals surface area contributed by atoms with Crippen LogP contribution in [0.4, 0.5) is 0 Å². The lowest BCUT2D eigenvalue weighted by Crippen LogP contribution is -2.41. The molecule has 0 fully saturated rings. The number of ether oxygens (including phenoxy) is 1. The third-order valence-electron chi connectivity index (χ3n) is 1.29.